The molecule has 0 fully saturated rings. The fourth-order valence-corrected chi connectivity index (χ4v) is 2.37. The molecule has 8 heteroatoms. The number of alkyl halides is 5. The molecular formula is C18H17ClF5NO. The second kappa shape index (κ2) is 8.68. The largest absolute Gasteiger partial charge is 0.487 e. The first-order valence-electron chi connectivity index (χ1n) is 7.79. The lowest BCUT2D eigenvalue weighted by Crippen LogP contribution is -2.41. The molecule has 0 unspecified atom stereocenters. The van der Waals surface area contributed by atoms with Crippen molar-refractivity contribution in [2.24, 2.45) is 0 Å². The number of benzene rings is 2. The number of nitrogens with one attached hydrogen (secondary N) is 1. The van der Waals surface area contributed by atoms with Crippen molar-refractivity contribution in [2.45, 2.75) is 25.1 Å². The summed E-state index contributed by atoms with van der Waals surface area (Å²) in [4.78, 5) is 0. The van der Waals surface area contributed by atoms with Gasteiger partial charge in [0.25, 0.3) is 0 Å². The van der Waals surface area contributed by atoms with Crippen LogP contribution in [0.1, 0.15) is 11.1 Å². The van der Waals surface area contributed by atoms with E-state index in [1.165, 1.54) is 18.2 Å². The Kier molecular flexibility index (Phi) is 6.83. The van der Waals surface area contributed by atoms with Gasteiger partial charge in [-0.15, -0.1) is 0 Å². The van der Waals surface area contributed by atoms with Gasteiger partial charge >= 0.3 is 12.1 Å². The quantitative estimate of drug-likeness (QED) is 0.488. The number of ether oxygens (including phenoxy) is 1. The van der Waals surface area contributed by atoms with Crippen LogP contribution >= 0.6 is 11.6 Å². The lowest BCUT2D eigenvalue weighted by molar-refractivity contribution is -0.290. The number of rotatable bonds is 8. The smallest absolute Gasteiger partial charge is 0.456 e. The number of hydrogen-bond acceptors (Lipinski definition) is 2. The second-order valence-electron chi connectivity index (χ2n) is 5.69. The summed E-state index contributed by atoms with van der Waals surface area (Å²) in [5.74, 6) is -4.93. The molecule has 2 aromatic carbocycles. The van der Waals surface area contributed by atoms with Crippen molar-refractivity contribution < 1.29 is 26.7 Å². The molecule has 0 heterocycles. The molecule has 0 aromatic heterocycles. The van der Waals surface area contributed by atoms with E-state index in [1.807, 2.05) is 18.2 Å². The van der Waals surface area contributed by atoms with E-state index in [1.54, 1.807) is 12.1 Å². The molecule has 1 N–H and O–H groups in total. The summed E-state index contributed by atoms with van der Waals surface area (Å²) in [5, 5.41) is 3.82. The van der Waals surface area contributed by atoms with Crippen LogP contribution in [-0.4, -0.2) is 25.3 Å². The van der Waals surface area contributed by atoms with E-state index < -0.39 is 18.7 Å². The maximum absolute atomic E-state index is 12.9. The van der Waals surface area contributed by atoms with Crippen LogP contribution in [0.2, 0.25) is 5.02 Å². The highest BCUT2D eigenvalue weighted by Gasteiger charge is 2.58. The standard InChI is InChI=1S/C18H17ClF5NO/c19-15-5-1-3-13(9-15)7-8-25-11-14-4-2-6-16(10-14)26-12-17(20,21)18(22,23)24/h1-6,9-10,25H,7-8,11-12H2. The van der Waals surface area contributed by atoms with E-state index in [2.05, 4.69) is 10.1 Å². The van der Waals surface area contributed by atoms with Gasteiger partial charge in [0, 0.05) is 11.6 Å². The zero-order valence-corrected chi connectivity index (χ0v) is 14.4. The van der Waals surface area contributed by atoms with Crippen molar-refractivity contribution in [3.05, 3.63) is 64.7 Å². The zero-order valence-electron chi connectivity index (χ0n) is 13.6. The van der Waals surface area contributed by atoms with Gasteiger partial charge in [-0.2, -0.15) is 22.0 Å². The van der Waals surface area contributed by atoms with Gasteiger partial charge < -0.3 is 10.1 Å². The summed E-state index contributed by atoms with van der Waals surface area (Å²) in [6.45, 7) is -0.673. The Hall–Kier alpha value is -1.86. The third-order valence-corrected chi connectivity index (χ3v) is 3.78. The highest BCUT2D eigenvalue weighted by Crippen LogP contribution is 2.35. The van der Waals surface area contributed by atoms with Crippen molar-refractivity contribution in [1.29, 1.82) is 0 Å². The first-order valence-corrected chi connectivity index (χ1v) is 8.17. The minimum atomic E-state index is -5.63. The fourth-order valence-electron chi connectivity index (χ4n) is 2.16. The molecular weight excluding hydrogens is 377 g/mol. The molecule has 0 atom stereocenters. The summed E-state index contributed by atoms with van der Waals surface area (Å²) in [6.07, 6.45) is -4.89. The first kappa shape index (κ1) is 20.5. The van der Waals surface area contributed by atoms with Crippen LogP contribution in [0.4, 0.5) is 22.0 Å². The Labute approximate surface area is 152 Å². The SMILES string of the molecule is FC(F)(F)C(F)(F)COc1cccc(CNCCc2cccc(Cl)c2)c1. The highest BCUT2D eigenvalue weighted by atomic mass is 35.5. The van der Waals surface area contributed by atoms with Crippen LogP contribution in [0.15, 0.2) is 48.5 Å². The maximum Gasteiger partial charge on any atom is 0.456 e. The van der Waals surface area contributed by atoms with Gasteiger partial charge in [-0.1, -0.05) is 35.9 Å². The van der Waals surface area contributed by atoms with Gasteiger partial charge in [-0.25, -0.2) is 0 Å². The van der Waals surface area contributed by atoms with Gasteiger partial charge in [0.15, 0.2) is 6.61 Å². The van der Waals surface area contributed by atoms with Crippen LogP contribution in [-0.2, 0) is 13.0 Å². The predicted molar refractivity (Wildman–Crippen MR) is 89.8 cm³/mol. The van der Waals surface area contributed by atoms with E-state index in [0.717, 1.165) is 12.0 Å². The molecule has 0 aliphatic heterocycles. The van der Waals surface area contributed by atoms with Crippen molar-refractivity contribution in [1.82, 2.24) is 5.32 Å². The molecule has 0 bridgehead atoms. The summed E-state index contributed by atoms with van der Waals surface area (Å²) >= 11 is 5.90. The molecule has 0 amide bonds. The second-order valence-corrected chi connectivity index (χ2v) is 6.13. The molecule has 2 aromatic rings. The Balaban J connectivity index is 1.81. The molecule has 2 nitrogen and oxygen atoms in total. The van der Waals surface area contributed by atoms with Crippen LogP contribution in [0.25, 0.3) is 0 Å². The van der Waals surface area contributed by atoms with Crippen molar-refractivity contribution in [3.8, 4) is 5.75 Å². The molecule has 26 heavy (non-hydrogen) atoms. The fraction of sp³-hybridized carbons (Fsp3) is 0.333. The van der Waals surface area contributed by atoms with Gasteiger partial charge in [-0.3, -0.25) is 0 Å². The van der Waals surface area contributed by atoms with Gasteiger partial charge in [0.1, 0.15) is 5.75 Å². The monoisotopic (exact) mass is 393 g/mol. The van der Waals surface area contributed by atoms with Crippen LogP contribution in [0.5, 0.6) is 5.75 Å². The van der Waals surface area contributed by atoms with E-state index in [9.17, 15) is 22.0 Å². The summed E-state index contributed by atoms with van der Waals surface area (Å²) in [5.41, 5.74) is 1.78. The lowest BCUT2D eigenvalue weighted by atomic mass is 10.1. The summed E-state index contributed by atoms with van der Waals surface area (Å²) in [6, 6.07) is 13.5. The molecule has 0 radical (unpaired) electrons. The molecule has 142 valence electrons. The molecule has 2 rings (SSSR count). The topological polar surface area (TPSA) is 21.3 Å². The third-order valence-electron chi connectivity index (χ3n) is 3.54. The van der Waals surface area contributed by atoms with E-state index >= 15 is 0 Å². The molecule has 0 saturated heterocycles. The number of hydrogen-bond donors (Lipinski definition) is 1. The van der Waals surface area contributed by atoms with Gasteiger partial charge in [-0.05, 0) is 48.4 Å². The average molecular weight is 394 g/mol. The Bertz CT molecular complexity index is 721. The van der Waals surface area contributed by atoms with Crippen LogP contribution < -0.4 is 10.1 Å². The number of halogens is 6. The van der Waals surface area contributed by atoms with Gasteiger partial charge in [0.2, 0.25) is 0 Å². The van der Waals surface area contributed by atoms with Gasteiger partial charge in [0.05, 0.1) is 0 Å². The van der Waals surface area contributed by atoms with E-state index in [4.69, 9.17) is 11.6 Å². The predicted octanol–water partition coefficient (Wildman–Crippen LogP) is 5.25. The third kappa shape index (κ3) is 6.14. The molecule has 0 aliphatic rings. The van der Waals surface area contributed by atoms with Crippen LogP contribution in [0, 0.1) is 0 Å². The van der Waals surface area contributed by atoms with Crippen molar-refractivity contribution in [3.63, 3.8) is 0 Å². The Morgan fingerprint density at radius 2 is 1.62 bits per heavy atom. The average Bonchev–Trinajstić information content (AvgIpc) is 2.56. The zero-order chi connectivity index (χ0) is 19.2. The molecule has 0 saturated carbocycles. The minimum absolute atomic E-state index is 0.0388. The molecule has 0 spiro atoms. The van der Waals surface area contributed by atoms with E-state index in [-0.39, 0.29) is 5.75 Å². The summed E-state index contributed by atoms with van der Waals surface area (Å²) in [7, 11) is 0. The van der Waals surface area contributed by atoms with E-state index in [0.29, 0.717) is 23.7 Å². The lowest BCUT2D eigenvalue weighted by Gasteiger charge is -2.20. The van der Waals surface area contributed by atoms with Crippen LogP contribution in [0.3, 0.4) is 0 Å². The van der Waals surface area contributed by atoms with Crippen molar-refractivity contribution >= 4 is 11.6 Å². The summed E-state index contributed by atoms with van der Waals surface area (Å²) < 4.78 is 66.8. The highest BCUT2D eigenvalue weighted by molar-refractivity contribution is 6.30. The van der Waals surface area contributed by atoms with Crippen molar-refractivity contribution in [2.75, 3.05) is 13.2 Å². The maximum atomic E-state index is 12.9. The Morgan fingerprint density at radius 3 is 2.31 bits per heavy atom. The normalized spacial score (nSPS) is 12.2. The first-order chi connectivity index (χ1) is 12.2. The minimum Gasteiger partial charge on any atom is -0.487 e. The molecule has 0 aliphatic carbocycles. The Morgan fingerprint density at radius 1 is 0.923 bits per heavy atom.